The maximum Gasteiger partial charge on any atom is 0.409 e. The van der Waals surface area contributed by atoms with Crippen molar-refractivity contribution in [3.63, 3.8) is 0 Å². The van der Waals surface area contributed by atoms with Gasteiger partial charge in [0.25, 0.3) is 5.91 Å². The predicted molar refractivity (Wildman–Crippen MR) is 125 cm³/mol. The van der Waals surface area contributed by atoms with Gasteiger partial charge in [0, 0.05) is 36.8 Å². The molecule has 1 aliphatic rings. The minimum absolute atomic E-state index is 0.161. The fourth-order valence-electron chi connectivity index (χ4n) is 3.71. The van der Waals surface area contributed by atoms with Crippen LogP contribution < -0.4 is 4.74 Å². The lowest BCUT2D eigenvalue weighted by atomic mass is 10.1. The third kappa shape index (κ3) is 4.96. The van der Waals surface area contributed by atoms with Crippen molar-refractivity contribution in [3.8, 4) is 22.7 Å². The monoisotopic (exact) mass is 468 g/mol. The molecular formula is C24H25ClN4O4. The first kappa shape index (κ1) is 22.7. The summed E-state index contributed by atoms with van der Waals surface area (Å²) < 4.78 is 11.9. The number of halogens is 1. The minimum Gasteiger partial charge on any atom is -0.497 e. The van der Waals surface area contributed by atoms with Crippen molar-refractivity contribution in [1.82, 2.24) is 19.6 Å². The summed E-state index contributed by atoms with van der Waals surface area (Å²) in [5.41, 5.74) is 2.63. The summed E-state index contributed by atoms with van der Waals surface area (Å²) in [7, 11) is 1.61. The van der Waals surface area contributed by atoms with Crippen LogP contribution in [0.5, 0.6) is 5.75 Å². The standard InChI is InChI=1S/C24H25ClN4O4/c1-3-33-24(31)28-13-11-27(12-14-28)23(30)22-16-21(17-7-9-20(32-2)10-8-17)26-29(22)19-6-4-5-18(25)15-19/h4-10,15-16H,3,11-14H2,1-2H3. The molecule has 33 heavy (non-hydrogen) atoms. The Labute approximate surface area is 197 Å². The summed E-state index contributed by atoms with van der Waals surface area (Å²) in [5, 5.41) is 5.27. The first-order valence-electron chi connectivity index (χ1n) is 10.7. The second-order valence-electron chi connectivity index (χ2n) is 7.51. The Morgan fingerprint density at radius 1 is 1.00 bits per heavy atom. The van der Waals surface area contributed by atoms with Crippen molar-refractivity contribution in [1.29, 1.82) is 0 Å². The van der Waals surface area contributed by atoms with Gasteiger partial charge in [-0.05, 0) is 55.5 Å². The van der Waals surface area contributed by atoms with Gasteiger partial charge in [0.2, 0.25) is 0 Å². The maximum atomic E-state index is 13.5. The molecule has 1 aliphatic heterocycles. The average Bonchev–Trinajstić information content (AvgIpc) is 3.29. The Hall–Kier alpha value is -3.52. The molecule has 1 saturated heterocycles. The Balaban J connectivity index is 1.64. The van der Waals surface area contributed by atoms with E-state index in [1.165, 1.54) is 0 Å². The van der Waals surface area contributed by atoms with E-state index < -0.39 is 0 Å². The fourth-order valence-corrected chi connectivity index (χ4v) is 3.89. The van der Waals surface area contributed by atoms with Gasteiger partial charge in [0.1, 0.15) is 11.4 Å². The fraction of sp³-hybridized carbons (Fsp3) is 0.292. The molecule has 172 valence electrons. The molecule has 0 unspecified atom stereocenters. The molecule has 3 aromatic rings. The normalized spacial score (nSPS) is 13.7. The highest BCUT2D eigenvalue weighted by Gasteiger charge is 2.28. The lowest BCUT2D eigenvalue weighted by Gasteiger charge is -2.34. The largest absolute Gasteiger partial charge is 0.497 e. The van der Waals surface area contributed by atoms with E-state index in [2.05, 4.69) is 0 Å². The van der Waals surface area contributed by atoms with Gasteiger partial charge >= 0.3 is 6.09 Å². The Morgan fingerprint density at radius 2 is 1.70 bits per heavy atom. The first-order valence-corrected chi connectivity index (χ1v) is 11.1. The van der Waals surface area contributed by atoms with Gasteiger partial charge in [-0.2, -0.15) is 5.10 Å². The van der Waals surface area contributed by atoms with E-state index in [1.807, 2.05) is 36.4 Å². The Kier molecular flexibility index (Phi) is 6.84. The van der Waals surface area contributed by atoms with Crippen LogP contribution in [0.4, 0.5) is 4.79 Å². The van der Waals surface area contributed by atoms with E-state index in [0.29, 0.717) is 54.9 Å². The molecule has 0 atom stereocenters. The van der Waals surface area contributed by atoms with Crippen molar-refractivity contribution in [2.75, 3.05) is 39.9 Å². The second-order valence-corrected chi connectivity index (χ2v) is 7.95. The summed E-state index contributed by atoms with van der Waals surface area (Å²) in [6.07, 6.45) is -0.352. The molecule has 8 nitrogen and oxygen atoms in total. The summed E-state index contributed by atoms with van der Waals surface area (Å²) in [6.45, 7) is 3.76. The van der Waals surface area contributed by atoms with Crippen molar-refractivity contribution < 1.29 is 19.1 Å². The first-order chi connectivity index (χ1) is 16.0. The van der Waals surface area contributed by atoms with Gasteiger partial charge in [0.15, 0.2) is 0 Å². The highest BCUT2D eigenvalue weighted by atomic mass is 35.5. The maximum absolute atomic E-state index is 13.5. The summed E-state index contributed by atoms with van der Waals surface area (Å²) >= 11 is 6.20. The van der Waals surface area contributed by atoms with Gasteiger partial charge in [-0.15, -0.1) is 0 Å². The smallest absolute Gasteiger partial charge is 0.409 e. The quantitative estimate of drug-likeness (QED) is 0.563. The van der Waals surface area contributed by atoms with Crippen molar-refractivity contribution in [2.45, 2.75) is 6.92 Å². The number of methoxy groups -OCH3 is 1. The highest BCUT2D eigenvalue weighted by molar-refractivity contribution is 6.30. The van der Waals surface area contributed by atoms with E-state index in [-0.39, 0.29) is 12.0 Å². The van der Waals surface area contributed by atoms with Crippen LogP contribution in [0.3, 0.4) is 0 Å². The lowest BCUT2D eigenvalue weighted by molar-refractivity contribution is 0.0563. The van der Waals surface area contributed by atoms with Crippen LogP contribution in [0.2, 0.25) is 5.02 Å². The van der Waals surface area contributed by atoms with Crippen LogP contribution in [0.15, 0.2) is 54.6 Å². The molecule has 9 heteroatoms. The van der Waals surface area contributed by atoms with Crippen molar-refractivity contribution >= 4 is 23.6 Å². The van der Waals surface area contributed by atoms with Crippen molar-refractivity contribution in [3.05, 3.63) is 65.3 Å². The number of rotatable bonds is 5. The SMILES string of the molecule is CCOC(=O)N1CCN(C(=O)c2cc(-c3ccc(OC)cc3)nn2-c2cccc(Cl)c2)CC1. The van der Waals surface area contributed by atoms with Gasteiger partial charge < -0.3 is 19.3 Å². The predicted octanol–water partition coefficient (Wildman–Crippen LogP) is 4.12. The zero-order valence-corrected chi connectivity index (χ0v) is 19.3. The number of carbonyl (C=O) groups excluding carboxylic acids is 2. The summed E-state index contributed by atoms with van der Waals surface area (Å²) in [4.78, 5) is 28.8. The Morgan fingerprint density at radius 3 is 2.33 bits per heavy atom. The van der Waals surface area contributed by atoms with E-state index in [1.54, 1.807) is 46.7 Å². The molecule has 1 aromatic heterocycles. The summed E-state index contributed by atoms with van der Waals surface area (Å²) in [5.74, 6) is 0.578. The summed E-state index contributed by atoms with van der Waals surface area (Å²) in [6, 6.07) is 16.5. The van der Waals surface area contributed by atoms with Gasteiger partial charge in [-0.25, -0.2) is 9.48 Å². The number of carbonyl (C=O) groups is 2. The number of benzene rings is 2. The van der Waals surface area contributed by atoms with E-state index in [9.17, 15) is 9.59 Å². The molecular weight excluding hydrogens is 444 g/mol. The van der Waals surface area contributed by atoms with Gasteiger partial charge in [-0.3, -0.25) is 4.79 Å². The molecule has 0 aliphatic carbocycles. The number of piperazine rings is 1. The molecule has 1 fully saturated rings. The molecule has 4 rings (SSSR count). The molecule has 0 saturated carbocycles. The minimum atomic E-state index is -0.352. The topological polar surface area (TPSA) is 76.9 Å². The van der Waals surface area contributed by atoms with Crippen LogP contribution >= 0.6 is 11.6 Å². The zero-order valence-electron chi connectivity index (χ0n) is 18.5. The molecule has 2 heterocycles. The molecule has 0 N–H and O–H groups in total. The molecule has 0 radical (unpaired) electrons. The van der Waals surface area contributed by atoms with Gasteiger partial charge in [-0.1, -0.05) is 17.7 Å². The van der Waals surface area contributed by atoms with Crippen LogP contribution in [0, 0.1) is 0 Å². The number of ether oxygens (including phenoxy) is 2. The van der Waals surface area contributed by atoms with Crippen LogP contribution in [-0.2, 0) is 4.74 Å². The van der Waals surface area contributed by atoms with Crippen molar-refractivity contribution in [2.24, 2.45) is 0 Å². The highest BCUT2D eigenvalue weighted by Crippen LogP contribution is 2.26. The second kappa shape index (κ2) is 9.95. The molecule has 0 spiro atoms. The number of hydrogen-bond donors (Lipinski definition) is 0. The van der Waals surface area contributed by atoms with Crippen LogP contribution in [0.25, 0.3) is 16.9 Å². The third-order valence-corrected chi connectivity index (χ3v) is 5.70. The van der Waals surface area contributed by atoms with Crippen LogP contribution in [0.1, 0.15) is 17.4 Å². The number of aromatic nitrogens is 2. The molecule has 2 aromatic carbocycles. The molecule has 0 bridgehead atoms. The lowest BCUT2D eigenvalue weighted by Crippen LogP contribution is -2.51. The molecule has 2 amide bonds. The third-order valence-electron chi connectivity index (χ3n) is 5.46. The number of hydrogen-bond acceptors (Lipinski definition) is 5. The van der Waals surface area contributed by atoms with E-state index in [4.69, 9.17) is 26.2 Å². The number of amides is 2. The Bertz CT molecular complexity index is 1140. The van der Waals surface area contributed by atoms with Gasteiger partial charge in [0.05, 0.1) is 25.1 Å². The van der Waals surface area contributed by atoms with Crippen LogP contribution in [-0.4, -0.2) is 71.5 Å². The van der Waals surface area contributed by atoms with E-state index in [0.717, 1.165) is 11.3 Å². The van der Waals surface area contributed by atoms with E-state index >= 15 is 0 Å². The number of nitrogens with zero attached hydrogens (tertiary/aromatic N) is 4. The average molecular weight is 469 g/mol. The zero-order chi connectivity index (χ0) is 23.4.